The van der Waals surface area contributed by atoms with E-state index in [1.54, 1.807) is 30.9 Å². The lowest BCUT2D eigenvalue weighted by atomic mass is 10.1. The monoisotopic (exact) mass is 419 g/mol. The summed E-state index contributed by atoms with van der Waals surface area (Å²) in [6.45, 7) is 0.878. The zero-order valence-corrected chi connectivity index (χ0v) is 17.9. The van der Waals surface area contributed by atoms with Gasteiger partial charge in [-0.3, -0.25) is 14.5 Å². The first kappa shape index (κ1) is 21.6. The number of benzene rings is 3. The second-order valence-electron chi connectivity index (χ2n) is 6.91. The summed E-state index contributed by atoms with van der Waals surface area (Å²) in [5.41, 5.74) is 2.46. The molecule has 0 heterocycles. The zero-order valence-electron chi connectivity index (χ0n) is 17.1. The third-order valence-electron chi connectivity index (χ3n) is 4.44. The molecule has 30 heavy (non-hydrogen) atoms. The van der Waals surface area contributed by atoms with Crippen molar-refractivity contribution in [3.05, 3.63) is 90.0 Å². The van der Waals surface area contributed by atoms with Gasteiger partial charge in [-0.2, -0.15) is 0 Å². The molecule has 2 amide bonds. The van der Waals surface area contributed by atoms with Crippen LogP contribution in [0.5, 0.6) is 0 Å². The van der Waals surface area contributed by atoms with Gasteiger partial charge < -0.3 is 10.6 Å². The van der Waals surface area contributed by atoms with Crippen LogP contribution in [0, 0.1) is 0 Å². The molecule has 0 fully saturated rings. The number of para-hydroxylation sites is 1. The van der Waals surface area contributed by atoms with Gasteiger partial charge in [0, 0.05) is 28.9 Å². The Morgan fingerprint density at radius 2 is 1.57 bits per heavy atom. The molecule has 0 radical (unpaired) electrons. The molecule has 0 aromatic heterocycles. The highest BCUT2D eigenvalue weighted by molar-refractivity contribution is 7.99. The summed E-state index contributed by atoms with van der Waals surface area (Å²) in [5, 5.41) is 5.63. The van der Waals surface area contributed by atoms with Crippen molar-refractivity contribution < 1.29 is 9.59 Å². The van der Waals surface area contributed by atoms with E-state index in [0.717, 1.165) is 21.0 Å². The zero-order chi connectivity index (χ0) is 21.3. The predicted octanol–water partition coefficient (Wildman–Crippen LogP) is 4.27. The van der Waals surface area contributed by atoms with Gasteiger partial charge in [-0.15, -0.1) is 0 Å². The lowest BCUT2D eigenvalue weighted by Crippen LogP contribution is -2.30. The first-order chi connectivity index (χ1) is 14.5. The van der Waals surface area contributed by atoms with Crippen molar-refractivity contribution >= 4 is 29.3 Å². The Kier molecular flexibility index (Phi) is 7.65. The van der Waals surface area contributed by atoms with Crippen molar-refractivity contribution in [1.82, 2.24) is 10.2 Å². The van der Waals surface area contributed by atoms with Crippen LogP contribution in [-0.2, 0) is 11.3 Å². The fourth-order valence-corrected chi connectivity index (χ4v) is 3.91. The fraction of sp³-hybridized carbons (Fsp3) is 0.167. The van der Waals surface area contributed by atoms with E-state index in [1.165, 1.54) is 0 Å². The van der Waals surface area contributed by atoms with E-state index in [1.807, 2.05) is 78.7 Å². The normalized spacial score (nSPS) is 10.6. The van der Waals surface area contributed by atoms with Crippen molar-refractivity contribution in [3.63, 3.8) is 0 Å². The molecule has 0 bridgehead atoms. The van der Waals surface area contributed by atoms with Gasteiger partial charge in [0.05, 0.1) is 12.2 Å². The minimum absolute atomic E-state index is 0.0689. The molecule has 154 valence electrons. The van der Waals surface area contributed by atoms with Gasteiger partial charge >= 0.3 is 0 Å². The van der Waals surface area contributed by atoms with Gasteiger partial charge in [-0.05, 0) is 49.0 Å². The summed E-state index contributed by atoms with van der Waals surface area (Å²) in [6, 6.07) is 25.3. The van der Waals surface area contributed by atoms with Crippen LogP contribution in [0.25, 0.3) is 0 Å². The van der Waals surface area contributed by atoms with Gasteiger partial charge in [-0.25, -0.2) is 0 Å². The number of hydrogen-bond donors (Lipinski definition) is 2. The molecular formula is C24H25N3O2S. The Labute approximate surface area is 181 Å². The van der Waals surface area contributed by atoms with Gasteiger partial charge in [0.2, 0.25) is 5.91 Å². The topological polar surface area (TPSA) is 61.4 Å². The first-order valence-electron chi connectivity index (χ1n) is 9.66. The van der Waals surface area contributed by atoms with Crippen LogP contribution in [0.2, 0.25) is 0 Å². The van der Waals surface area contributed by atoms with E-state index in [9.17, 15) is 9.59 Å². The minimum atomic E-state index is -0.110. The maximum atomic E-state index is 12.6. The van der Waals surface area contributed by atoms with E-state index >= 15 is 0 Å². The summed E-state index contributed by atoms with van der Waals surface area (Å²) >= 11 is 1.62. The lowest BCUT2D eigenvalue weighted by Gasteiger charge is -2.17. The van der Waals surface area contributed by atoms with Crippen molar-refractivity contribution in [1.29, 1.82) is 0 Å². The molecule has 3 aromatic carbocycles. The lowest BCUT2D eigenvalue weighted by molar-refractivity contribution is -0.117. The van der Waals surface area contributed by atoms with Crippen LogP contribution in [0.4, 0.5) is 5.69 Å². The van der Waals surface area contributed by atoms with Crippen molar-refractivity contribution in [2.45, 2.75) is 16.3 Å². The fourth-order valence-electron chi connectivity index (χ4n) is 2.98. The molecule has 0 spiro atoms. The number of carbonyl (C=O) groups excluding carboxylic acids is 2. The van der Waals surface area contributed by atoms with Gasteiger partial charge in [0.25, 0.3) is 5.91 Å². The standard InChI is InChI=1S/C24H25N3O2S/c1-25-24(29)19-14-12-18(13-15-19)16-27(2)17-23(28)26-21-10-6-7-11-22(21)30-20-8-4-3-5-9-20/h3-15H,16-17H2,1-2H3,(H,25,29)(H,26,28). The Morgan fingerprint density at radius 1 is 0.900 bits per heavy atom. The molecule has 2 N–H and O–H groups in total. The highest BCUT2D eigenvalue weighted by Crippen LogP contribution is 2.33. The summed E-state index contributed by atoms with van der Waals surface area (Å²) in [5.74, 6) is -0.179. The van der Waals surface area contributed by atoms with Crippen LogP contribution < -0.4 is 10.6 Å². The summed E-state index contributed by atoms with van der Waals surface area (Å²) in [4.78, 5) is 28.3. The minimum Gasteiger partial charge on any atom is -0.355 e. The predicted molar refractivity (Wildman–Crippen MR) is 122 cm³/mol. The highest BCUT2D eigenvalue weighted by atomic mass is 32.2. The average molecular weight is 420 g/mol. The molecule has 0 aliphatic rings. The largest absolute Gasteiger partial charge is 0.355 e. The Morgan fingerprint density at radius 3 is 2.27 bits per heavy atom. The number of likely N-dealkylation sites (N-methyl/N-ethyl adjacent to an activating group) is 1. The smallest absolute Gasteiger partial charge is 0.251 e. The third-order valence-corrected chi connectivity index (χ3v) is 5.53. The number of nitrogens with one attached hydrogen (secondary N) is 2. The van der Waals surface area contributed by atoms with E-state index in [0.29, 0.717) is 12.1 Å². The maximum absolute atomic E-state index is 12.6. The molecule has 3 rings (SSSR count). The Balaban J connectivity index is 1.57. The summed E-state index contributed by atoms with van der Waals surface area (Å²) < 4.78 is 0. The van der Waals surface area contributed by atoms with Crippen LogP contribution >= 0.6 is 11.8 Å². The summed E-state index contributed by atoms with van der Waals surface area (Å²) in [7, 11) is 3.51. The van der Waals surface area contributed by atoms with E-state index in [-0.39, 0.29) is 18.4 Å². The Hall–Kier alpha value is -3.09. The van der Waals surface area contributed by atoms with E-state index in [2.05, 4.69) is 10.6 Å². The molecular weight excluding hydrogens is 394 g/mol. The van der Waals surface area contributed by atoms with E-state index < -0.39 is 0 Å². The van der Waals surface area contributed by atoms with Crippen LogP contribution in [0.15, 0.2) is 88.7 Å². The van der Waals surface area contributed by atoms with E-state index in [4.69, 9.17) is 0 Å². The van der Waals surface area contributed by atoms with Crippen LogP contribution in [0.3, 0.4) is 0 Å². The molecule has 0 atom stereocenters. The van der Waals surface area contributed by atoms with Crippen molar-refractivity contribution in [2.24, 2.45) is 0 Å². The number of carbonyl (C=O) groups is 2. The van der Waals surface area contributed by atoms with Gasteiger partial charge in [0.1, 0.15) is 0 Å². The average Bonchev–Trinajstić information content (AvgIpc) is 2.75. The first-order valence-corrected chi connectivity index (χ1v) is 10.5. The molecule has 0 unspecified atom stereocenters. The number of anilines is 1. The third kappa shape index (κ3) is 6.20. The van der Waals surface area contributed by atoms with Crippen molar-refractivity contribution in [3.8, 4) is 0 Å². The highest BCUT2D eigenvalue weighted by Gasteiger charge is 2.11. The molecule has 3 aromatic rings. The number of rotatable bonds is 8. The quantitative estimate of drug-likeness (QED) is 0.573. The van der Waals surface area contributed by atoms with Gasteiger partial charge in [-0.1, -0.05) is 54.2 Å². The molecule has 0 saturated carbocycles. The number of amides is 2. The SMILES string of the molecule is CNC(=O)c1ccc(CN(C)CC(=O)Nc2ccccc2Sc2ccccc2)cc1. The molecule has 0 saturated heterocycles. The second kappa shape index (κ2) is 10.6. The maximum Gasteiger partial charge on any atom is 0.251 e. The van der Waals surface area contributed by atoms with Gasteiger partial charge in [0.15, 0.2) is 0 Å². The number of nitrogens with zero attached hydrogens (tertiary/aromatic N) is 1. The van der Waals surface area contributed by atoms with Crippen molar-refractivity contribution in [2.75, 3.05) is 26.0 Å². The molecule has 5 nitrogen and oxygen atoms in total. The second-order valence-corrected chi connectivity index (χ2v) is 8.02. The van der Waals surface area contributed by atoms with Crippen LogP contribution in [0.1, 0.15) is 15.9 Å². The summed E-state index contributed by atoms with van der Waals surface area (Å²) in [6.07, 6.45) is 0. The Bertz CT molecular complexity index is 991. The molecule has 0 aliphatic heterocycles. The number of hydrogen-bond acceptors (Lipinski definition) is 4. The van der Waals surface area contributed by atoms with Crippen LogP contribution in [-0.4, -0.2) is 37.4 Å². The molecule has 0 aliphatic carbocycles. The molecule has 6 heteroatoms.